The monoisotopic (exact) mass is 446 g/mol. The maximum Gasteiger partial charge on any atom is 0.227 e. The quantitative estimate of drug-likeness (QED) is 0.720. The summed E-state index contributed by atoms with van der Waals surface area (Å²) in [6.45, 7) is 3.40. The van der Waals surface area contributed by atoms with E-state index in [9.17, 15) is 17.6 Å². The van der Waals surface area contributed by atoms with Crippen LogP contribution in [-0.4, -0.2) is 73.0 Å². The number of sulfonamides is 1. The molecule has 7 nitrogen and oxygen atoms in total. The van der Waals surface area contributed by atoms with Crippen molar-refractivity contribution in [3.05, 3.63) is 36.3 Å². The van der Waals surface area contributed by atoms with E-state index in [1.807, 2.05) is 11.0 Å². The highest BCUT2D eigenvalue weighted by Crippen LogP contribution is 2.34. The number of fused-ring (bicyclic) bond motifs is 1. The lowest BCUT2D eigenvalue weighted by Crippen LogP contribution is -2.53. The van der Waals surface area contributed by atoms with E-state index in [0.717, 1.165) is 36.8 Å². The topological polar surface area (TPSA) is 73.8 Å². The predicted octanol–water partition coefficient (Wildman–Crippen LogP) is 2.23. The number of anilines is 1. The fraction of sp³-hybridized carbons (Fsp3) is 0.545. The summed E-state index contributed by atoms with van der Waals surface area (Å²) in [4.78, 5) is 21.5. The number of hydrogen-bond acceptors (Lipinski definition) is 5. The summed E-state index contributed by atoms with van der Waals surface area (Å²) in [5, 5.41) is 0.672. The number of aromatic nitrogens is 1. The Morgan fingerprint density at radius 3 is 2.55 bits per heavy atom. The Morgan fingerprint density at radius 1 is 1.03 bits per heavy atom. The van der Waals surface area contributed by atoms with Gasteiger partial charge in [0.05, 0.1) is 16.7 Å². The average molecular weight is 447 g/mol. The average Bonchev–Trinajstić information content (AvgIpc) is 3.64. The number of carbonyl (C=O) groups excluding carboxylic acids is 1. The number of benzene rings is 1. The van der Waals surface area contributed by atoms with E-state index in [0.29, 0.717) is 44.8 Å². The zero-order valence-electron chi connectivity index (χ0n) is 17.4. The van der Waals surface area contributed by atoms with Gasteiger partial charge in [-0.05, 0) is 43.9 Å². The van der Waals surface area contributed by atoms with Gasteiger partial charge in [0.2, 0.25) is 15.9 Å². The minimum atomic E-state index is -3.23. The molecule has 3 fully saturated rings. The van der Waals surface area contributed by atoms with Gasteiger partial charge < -0.3 is 9.80 Å². The third-order valence-electron chi connectivity index (χ3n) is 6.65. The number of piperidine rings is 1. The highest BCUT2D eigenvalue weighted by atomic mass is 32.2. The van der Waals surface area contributed by atoms with Crippen LogP contribution in [0.25, 0.3) is 10.9 Å². The lowest BCUT2D eigenvalue weighted by atomic mass is 9.97. The zero-order valence-corrected chi connectivity index (χ0v) is 18.2. The molecule has 166 valence electrons. The first-order valence-corrected chi connectivity index (χ1v) is 12.5. The number of piperazine rings is 1. The van der Waals surface area contributed by atoms with Crippen molar-refractivity contribution >= 4 is 32.5 Å². The number of rotatable bonds is 4. The van der Waals surface area contributed by atoms with Crippen LogP contribution >= 0.6 is 0 Å². The van der Waals surface area contributed by atoms with Gasteiger partial charge in [0.1, 0.15) is 5.82 Å². The van der Waals surface area contributed by atoms with Crippen molar-refractivity contribution in [2.75, 3.05) is 44.2 Å². The summed E-state index contributed by atoms with van der Waals surface area (Å²) in [6.07, 6.45) is 4.66. The Labute approximate surface area is 181 Å². The van der Waals surface area contributed by atoms with Crippen molar-refractivity contribution < 1.29 is 17.6 Å². The maximum atomic E-state index is 13.5. The molecule has 1 aliphatic carbocycles. The van der Waals surface area contributed by atoms with Crippen LogP contribution in [0, 0.1) is 11.7 Å². The summed E-state index contributed by atoms with van der Waals surface area (Å²) < 4.78 is 40.3. The van der Waals surface area contributed by atoms with Gasteiger partial charge in [-0.15, -0.1) is 0 Å². The summed E-state index contributed by atoms with van der Waals surface area (Å²) in [7, 11) is -3.23. The maximum absolute atomic E-state index is 13.5. The largest absolute Gasteiger partial charge is 0.367 e. The molecule has 31 heavy (non-hydrogen) atoms. The summed E-state index contributed by atoms with van der Waals surface area (Å²) in [5.41, 5.74) is 1.62. The van der Waals surface area contributed by atoms with Gasteiger partial charge in [0.25, 0.3) is 0 Å². The summed E-state index contributed by atoms with van der Waals surface area (Å²) in [6, 6.07) is 6.56. The highest BCUT2D eigenvalue weighted by molar-refractivity contribution is 7.90. The Morgan fingerprint density at radius 2 is 1.81 bits per heavy atom. The van der Waals surface area contributed by atoms with E-state index >= 15 is 0 Å². The Bertz CT molecular complexity index is 1100. The second-order valence-corrected chi connectivity index (χ2v) is 11.0. The van der Waals surface area contributed by atoms with Crippen molar-refractivity contribution in [3.63, 3.8) is 0 Å². The van der Waals surface area contributed by atoms with Crippen LogP contribution < -0.4 is 4.90 Å². The number of hydrogen-bond donors (Lipinski definition) is 0. The van der Waals surface area contributed by atoms with Crippen molar-refractivity contribution in [1.82, 2.24) is 14.2 Å². The Balaban J connectivity index is 1.24. The molecule has 1 aromatic heterocycles. The molecular weight excluding hydrogens is 419 g/mol. The predicted molar refractivity (Wildman–Crippen MR) is 117 cm³/mol. The lowest BCUT2D eigenvalue weighted by Gasteiger charge is -2.39. The molecule has 0 spiro atoms. The van der Waals surface area contributed by atoms with E-state index in [2.05, 4.69) is 9.88 Å². The molecule has 3 heterocycles. The molecule has 1 atom stereocenters. The van der Waals surface area contributed by atoms with E-state index in [4.69, 9.17) is 0 Å². The molecule has 2 saturated heterocycles. The van der Waals surface area contributed by atoms with Crippen LogP contribution in [-0.2, 0) is 14.8 Å². The van der Waals surface area contributed by atoms with E-state index in [1.165, 1.54) is 12.1 Å². The number of pyridine rings is 1. The molecule has 0 N–H and O–H groups in total. The van der Waals surface area contributed by atoms with Gasteiger partial charge in [-0.2, -0.15) is 0 Å². The van der Waals surface area contributed by atoms with Gasteiger partial charge in [0.15, 0.2) is 0 Å². The fourth-order valence-corrected chi connectivity index (χ4v) is 6.68. The fourth-order valence-electron chi connectivity index (χ4n) is 4.76. The van der Waals surface area contributed by atoms with Crippen molar-refractivity contribution in [1.29, 1.82) is 0 Å². The Kier molecular flexibility index (Phi) is 5.34. The molecule has 2 aliphatic heterocycles. The van der Waals surface area contributed by atoms with Gasteiger partial charge in [-0.3, -0.25) is 9.78 Å². The molecular formula is C22H27FN4O3S. The van der Waals surface area contributed by atoms with E-state index < -0.39 is 10.0 Å². The van der Waals surface area contributed by atoms with Crippen LogP contribution in [0.15, 0.2) is 30.5 Å². The molecule has 1 aromatic carbocycles. The molecule has 2 aromatic rings. The minimum Gasteiger partial charge on any atom is -0.367 e. The van der Waals surface area contributed by atoms with Gasteiger partial charge in [-0.1, -0.05) is 0 Å². The van der Waals surface area contributed by atoms with Crippen molar-refractivity contribution in [2.24, 2.45) is 5.92 Å². The van der Waals surface area contributed by atoms with Crippen LogP contribution in [0.5, 0.6) is 0 Å². The normalized spacial score (nSPS) is 23.3. The smallest absolute Gasteiger partial charge is 0.227 e. The highest BCUT2D eigenvalue weighted by Gasteiger charge is 2.43. The minimum absolute atomic E-state index is 0.0667. The van der Waals surface area contributed by atoms with Gasteiger partial charge >= 0.3 is 0 Å². The van der Waals surface area contributed by atoms with Crippen molar-refractivity contribution in [3.8, 4) is 0 Å². The first-order valence-electron chi connectivity index (χ1n) is 11.0. The molecule has 0 radical (unpaired) electrons. The molecule has 3 aliphatic rings. The summed E-state index contributed by atoms with van der Waals surface area (Å²) in [5.74, 6) is -0.492. The number of nitrogens with zero attached hydrogens (tertiary/aromatic N) is 4. The van der Waals surface area contributed by atoms with Crippen molar-refractivity contribution in [2.45, 2.75) is 30.9 Å². The van der Waals surface area contributed by atoms with Crippen LogP contribution in [0.3, 0.4) is 0 Å². The van der Waals surface area contributed by atoms with Crippen LogP contribution in [0.4, 0.5) is 10.1 Å². The van der Waals surface area contributed by atoms with E-state index in [-0.39, 0.29) is 22.9 Å². The van der Waals surface area contributed by atoms with E-state index in [1.54, 1.807) is 16.6 Å². The lowest BCUT2D eigenvalue weighted by molar-refractivity contribution is -0.137. The number of amides is 1. The first-order chi connectivity index (χ1) is 14.9. The second kappa shape index (κ2) is 8.02. The van der Waals surface area contributed by atoms with Crippen LogP contribution in [0.2, 0.25) is 0 Å². The van der Waals surface area contributed by atoms with Gasteiger partial charge in [-0.25, -0.2) is 17.1 Å². The second-order valence-electron chi connectivity index (χ2n) is 8.75. The van der Waals surface area contributed by atoms with Crippen LogP contribution in [0.1, 0.15) is 25.7 Å². The SMILES string of the molecule is O=C(C1CCCN(S(=O)(=O)C2CC2)C1)N1CCN(c2ccnc3cc(F)ccc23)CC1. The molecule has 1 saturated carbocycles. The number of halogens is 1. The third kappa shape index (κ3) is 4.01. The first kappa shape index (κ1) is 20.6. The molecule has 0 bridgehead atoms. The van der Waals surface area contributed by atoms with Gasteiger partial charge in [0, 0.05) is 62.6 Å². The molecule has 9 heteroatoms. The summed E-state index contributed by atoms with van der Waals surface area (Å²) >= 11 is 0. The molecule has 1 amide bonds. The zero-order chi connectivity index (χ0) is 21.6. The number of carbonyl (C=O) groups is 1. The standard InChI is InChI=1S/C22H27FN4O3S/c23-17-3-6-19-20(14-17)24-8-7-21(19)25-10-12-26(13-11-25)22(28)16-2-1-9-27(15-16)31(29,30)18-4-5-18/h3,6-8,14,16,18H,1-2,4-5,9-13,15H2. The molecule has 5 rings (SSSR count). The Hall–Kier alpha value is -2.26. The third-order valence-corrected chi connectivity index (χ3v) is 9.02. The molecule has 1 unspecified atom stereocenters.